The van der Waals surface area contributed by atoms with Crippen molar-refractivity contribution in [1.82, 2.24) is 10.2 Å². The van der Waals surface area contributed by atoms with Gasteiger partial charge in [-0.2, -0.15) is 11.8 Å². The molecular formula is C16H34IN3OS2. The SMILES string of the molecule is CCNC(=NCCS(=O)C(C)(C)C)N1CCSC(C(C)C)C1.I. The number of nitrogens with one attached hydrogen (secondary N) is 1. The molecular weight excluding hydrogens is 441 g/mol. The quantitative estimate of drug-likeness (QED) is 0.377. The molecule has 0 aromatic rings. The second kappa shape index (κ2) is 11.2. The topological polar surface area (TPSA) is 44.7 Å². The van der Waals surface area contributed by atoms with Crippen molar-refractivity contribution in [1.29, 1.82) is 0 Å². The smallest absolute Gasteiger partial charge is 0.194 e. The van der Waals surface area contributed by atoms with E-state index in [0.29, 0.717) is 23.5 Å². The van der Waals surface area contributed by atoms with Gasteiger partial charge in [0, 0.05) is 51.9 Å². The highest BCUT2D eigenvalue weighted by molar-refractivity contribution is 14.0. The molecule has 1 aliphatic rings. The van der Waals surface area contributed by atoms with Crippen LogP contribution in [0.2, 0.25) is 0 Å². The van der Waals surface area contributed by atoms with E-state index >= 15 is 0 Å². The summed E-state index contributed by atoms with van der Waals surface area (Å²) in [5.74, 6) is 3.46. The molecule has 0 aromatic carbocycles. The summed E-state index contributed by atoms with van der Waals surface area (Å²) < 4.78 is 12.0. The average Bonchev–Trinajstić information content (AvgIpc) is 2.45. The average molecular weight is 476 g/mol. The second-order valence-electron chi connectivity index (χ2n) is 7.00. The number of hydrogen-bond acceptors (Lipinski definition) is 3. The van der Waals surface area contributed by atoms with E-state index in [9.17, 15) is 4.21 Å². The van der Waals surface area contributed by atoms with Crippen molar-refractivity contribution < 1.29 is 4.21 Å². The Balaban J connectivity index is 0.00000484. The minimum atomic E-state index is -0.834. The summed E-state index contributed by atoms with van der Waals surface area (Å²) in [7, 11) is -0.834. The predicted octanol–water partition coefficient (Wildman–Crippen LogP) is 3.19. The first-order valence-corrected chi connectivity index (χ1v) is 10.7. The number of thioether (sulfide) groups is 1. The lowest BCUT2D eigenvalue weighted by molar-refractivity contribution is 0.381. The van der Waals surface area contributed by atoms with Crippen LogP contribution in [-0.2, 0) is 10.8 Å². The van der Waals surface area contributed by atoms with E-state index in [-0.39, 0.29) is 28.7 Å². The van der Waals surface area contributed by atoms with Gasteiger partial charge in [-0.05, 0) is 33.6 Å². The second-order valence-corrected chi connectivity index (χ2v) is 10.7. The molecule has 0 aliphatic carbocycles. The van der Waals surface area contributed by atoms with Crippen molar-refractivity contribution in [2.45, 2.75) is 51.5 Å². The Morgan fingerprint density at radius 3 is 2.61 bits per heavy atom. The van der Waals surface area contributed by atoms with Crippen LogP contribution in [0.4, 0.5) is 0 Å². The van der Waals surface area contributed by atoms with Crippen molar-refractivity contribution in [3.05, 3.63) is 0 Å². The third kappa shape index (κ3) is 8.43. The van der Waals surface area contributed by atoms with E-state index in [4.69, 9.17) is 4.99 Å². The molecule has 0 radical (unpaired) electrons. The maximum atomic E-state index is 12.1. The monoisotopic (exact) mass is 475 g/mol. The van der Waals surface area contributed by atoms with Gasteiger partial charge in [0.05, 0.1) is 6.54 Å². The van der Waals surface area contributed by atoms with Gasteiger partial charge in [0.2, 0.25) is 0 Å². The predicted molar refractivity (Wildman–Crippen MR) is 117 cm³/mol. The summed E-state index contributed by atoms with van der Waals surface area (Å²) >= 11 is 2.07. The molecule has 4 nitrogen and oxygen atoms in total. The zero-order valence-electron chi connectivity index (χ0n) is 15.4. The van der Waals surface area contributed by atoms with E-state index in [1.807, 2.05) is 20.8 Å². The van der Waals surface area contributed by atoms with Gasteiger partial charge in [0.25, 0.3) is 0 Å². The van der Waals surface area contributed by atoms with Gasteiger partial charge < -0.3 is 10.2 Å². The normalized spacial score (nSPS) is 21.1. The molecule has 1 N–H and O–H groups in total. The lowest BCUT2D eigenvalue weighted by atomic mass is 10.1. The molecule has 0 aromatic heterocycles. The van der Waals surface area contributed by atoms with Crippen LogP contribution in [0.15, 0.2) is 4.99 Å². The molecule has 0 amide bonds. The minimum absolute atomic E-state index is 0. The summed E-state index contributed by atoms with van der Waals surface area (Å²) in [6.07, 6.45) is 0. The standard InChI is InChI=1S/C16H33N3OS2.HI/c1-7-17-15(18-8-11-22(20)16(4,5)6)19-9-10-21-14(12-19)13(2)3;/h13-14H,7-12H2,1-6H3,(H,17,18);1H. The Labute approximate surface area is 166 Å². The lowest BCUT2D eigenvalue weighted by Gasteiger charge is -2.36. The molecule has 2 unspecified atom stereocenters. The first kappa shape index (κ1) is 23.5. The largest absolute Gasteiger partial charge is 0.357 e. The van der Waals surface area contributed by atoms with Gasteiger partial charge in [0.1, 0.15) is 0 Å². The number of hydrogen-bond donors (Lipinski definition) is 1. The number of halogens is 1. The third-order valence-corrected chi connectivity index (χ3v) is 7.15. The molecule has 138 valence electrons. The van der Waals surface area contributed by atoms with Crippen molar-refractivity contribution in [2.24, 2.45) is 10.9 Å². The first-order valence-electron chi connectivity index (χ1n) is 8.29. The zero-order valence-corrected chi connectivity index (χ0v) is 19.4. The molecule has 7 heteroatoms. The van der Waals surface area contributed by atoms with Gasteiger partial charge in [-0.15, -0.1) is 24.0 Å². The van der Waals surface area contributed by atoms with Crippen LogP contribution in [0.1, 0.15) is 41.5 Å². The highest BCUT2D eigenvalue weighted by Gasteiger charge is 2.25. The summed E-state index contributed by atoms with van der Waals surface area (Å²) in [6, 6.07) is 0. The molecule has 1 heterocycles. The van der Waals surface area contributed by atoms with Gasteiger partial charge in [-0.25, -0.2) is 0 Å². The lowest BCUT2D eigenvalue weighted by Crippen LogP contribution is -2.49. The van der Waals surface area contributed by atoms with Crippen LogP contribution in [0.25, 0.3) is 0 Å². The highest BCUT2D eigenvalue weighted by atomic mass is 127. The molecule has 0 saturated carbocycles. The van der Waals surface area contributed by atoms with Crippen LogP contribution >= 0.6 is 35.7 Å². The molecule has 1 fully saturated rings. The van der Waals surface area contributed by atoms with Crippen molar-refractivity contribution in [2.75, 3.05) is 37.7 Å². The molecule has 0 bridgehead atoms. The van der Waals surface area contributed by atoms with Crippen LogP contribution in [0.5, 0.6) is 0 Å². The minimum Gasteiger partial charge on any atom is -0.357 e. The Hall–Kier alpha value is 0.500. The fourth-order valence-electron chi connectivity index (χ4n) is 2.24. The molecule has 1 rings (SSSR count). The third-order valence-electron chi connectivity index (χ3n) is 3.69. The molecule has 0 spiro atoms. The van der Waals surface area contributed by atoms with Gasteiger partial charge in [-0.3, -0.25) is 9.20 Å². The maximum Gasteiger partial charge on any atom is 0.194 e. The van der Waals surface area contributed by atoms with Gasteiger partial charge >= 0.3 is 0 Å². The van der Waals surface area contributed by atoms with Crippen molar-refractivity contribution in [3.8, 4) is 0 Å². The van der Waals surface area contributed by atoms with E-state index in [0.717, 1.165) is 31.3 Å². The molecule has 2 atom stereocenters. The fourth-order valence-corrected chi connectivity index (χ4v) is 4.41. The number of guanidine groups is 1. The van der Waals surface area contributed by atoms with E-state index in [1.54, 1.807) is 0 Å². The van der Waals surface area contributed by atoms with Gasteiger partial charge in [-0.1, -0.05) is 13.8 Å². The fraction of sp³-hybridized carbons (Fsp3) is 0.938. The Kier molecular flexibility index (Phi) is 11.4. The van der Waals surface area contributed by atoms with E-state index < -0.39 is 10.8 Å². The summed E-state index contributed by atoms with van der Waals surface area (Å²) in [5.41, 5.74) is 0. The molecule has 1 saturated heterocycles. The van der Waals surface area contributed by atoms with Crippen LogP contribution < -0.4 is 5.32 Å². The molecule has 23 heavy (non-hydrogen) atoms. The van der Waals surface area contributed by atoms with Crippen LogP contribution in [0.3, 0.4) is 0 Å². The molecule has 1 aliphatic heterocycles. The highest BCUT2D eigenvalue weighted by Crippen LogP contribution is 2.24. The van der Waals surface area contributed by atoms with Gasteiger partial charge in [0.15, 0.2) is 5.96 Å². The van der Waals surface area contributed by atoms with E-state index in [1.165, 1.54) is 0 Å². The Bertz CT molecular complexity index is 397. The Morgan fingerprint density at radius 1 is 1.43 bits per heavy atom. The zero-order chi connectivity index (χ0) is 16.8. The van der Waals surface area contributed by atoms with Crippen LogP contribution in [-0.4, -0.2) is 62.8 Å². The Morgan fingerprint density at radius 2 is 2.09 bits per heavy atom. The summed E-state index contributed by atoms with van der Waals surface area (Å²) in [4.78, 5) is 7.08. The summed E-state index contributed by atoms with van der Waals surface area (Å²) in [5, 5.41) is 4.06. The maximum absolute atomic E-state index is 12.1. The number of rotatable bonds is 5. The van der Waals surface area contributed by atoms with Crippen molar-refractivity contribution >= 4 is 52.5 Å². The number of aliphatic imine (C=N–C) groups is 1. The summed E-state index contributed by atoms with van der Waals surface area (Å²) in [6.45, 7) is 16.3. The van der Waals surface area contributed by atoms with E-state index in [2.05, 4.69) is 42.7 Å². The van der Waals surface area contributed by atoms with Crippen LogP contribution in [0, 0.1) is 5.92 Å². The number of nitrogens with zero attached hydrogens (tertiary/aromatic N) is 2. The first-order chi connectivity index (χ1) is 10.3. The van der Waals surface area contributed by atoms with Crippen molar-refractivity contribution in [3.63, 3.8) is 0 Å².